The lowest BCUT2D eigenvalue weighted by Crippen LogP contribution is -2.46. The van der Waals surface area contributed by atoms with E-state index in [0.717, 1.165) is 0 Å². The summed E-state index contributed by atoms with van der Waals surface area (Å²) in [5.41, 5.74) is 0. The Labute approximate surface area is 72.1 Å². The monoisotopic (exact) mass is 185 g/mol. The normalized spacial score (nSPS) is 25.2. The van der Waals surface area contributed by atoms with E-state index in [1.165, 1.54) is 0 Å². The van der Waals surface area contributed by atoms with Crippen molar-refractivity contribution in [3.63, 3.8) is 0 Å². The van der Waals surface area contributed by atoms with Gasteiger partial charge < -0.3 is 30.6 Å². The van der Waals surface area contributed by atoms with Crippen LogP contribution >= 0.6 is 0 Å². The molecule has 0 aromatic heterocycles. The van der Waals surface area contributed by atoms with Gasteiger partial charge in [0.15, 0.2) is 0 Å². The molecule has 0 aliphatic rings. The Morgan fingerprint density at radius 3 is 1.67 bits per heavy atom. The van der Waals surface area contributed by atoms with E-state index in [1.807, 2.05) is 0 Å². The van der Waals surface area contributed by atoms with E-state index >= 15 is 0 Å². The van der Waals surface area contributed by atoms with E-state index in [9.17, 15) is 0 Å². The summed E-state index contributed by atoms with van der Waals surface area (Å²) in [7, 11) is 0. The highest BCUT2D eigenvalue weighted by Crippen LogP contribution is 2.03. The van der Waals surface area contributed by atoms with E-state index in [-0.39, 0.29) is 0 Å². The van der Waals surface area contributed by atoms with Gasteiger partial charge in [-0.1, -0.05) is 0 Å². The molecule has 0 aliphatic heterocycles. The SMILES string of the molecule is [2H][13C]([2H])(O)[C@H](O)[C@@H](O)[C@H](O)[C@H](O)CO. The molecule has 12 heavy (non-hydrogen) atoms. The molecule has 0 saturated carbocycles. The largest absolute Gasteiger partial charge is 0.394 e. The van der Waals surface area contributed by atoms with Crippen LogP contribution in [0.15, 0.2) is 0 Å². The molecule has 0 spiro atoms. The second-order valence-electron chi connectivity index (χ2n) is 2.31. The molecule has 0 unspecified atom stereocenters. The number of aliphatic hydroxyl groups excluding tert-OH is 5. The molecule has 0 amide bonds. The summed E-state index contributed by atoms with van der Waals surface area (Å²) in [6.07, 6.45) is -8.05. The average molecular weight is 185 g/mol. The van der Waals surface area contributed by atoms with Crippen molar-refractivity contribution in [1.29, 1.82) is 0 Å². The molecular weight excluding hydrogens is 169 g/mol. The fourth-order valence-electron chi connectivity index (χ4n) is 0.599. The minimum absolute atomic E-state index is 0.862. The molecule has 0 heterocycles. The van der Waals surface area contributed by atoms with Crippen molar-refractivity contribution >= 4 is 0 Å². The van der Waals surface area contributed by atoms with Crippen LogP contribution in [0, 0.1) is 0 Å². The first kappa shape index (κ1) is 8.36. The number of rotatable bonds is 5. The van der Waals surface area contributed by atoms with Gasteiger partial charge in [-0.3, -0.25) is 0 Å². The van der Waals surface area contributed by atoms with Gasteiger partial charge in [0.2, 0.25) is 0 Å². The van der Waals surface area contributed by atoms with Gasteiger partial charge >= 0.3 is 0 Å². The van der Waals surface area contributed by atoms with Crippen LogP contribution < -0.4 is 0 Å². The van der Waals surface area contributed by atoms with Crippen LogP contribution in [-0.2, 0) is 0 Å². The molecule has 0 aromatic carbocycles. The highest BCUT2D eigenvalue weighted by Gasteiger charge is 2.29. The summed E-state index contributed by atoms with van der Waals surface area (Å²) in [5, 5.41) is 52.9. The van der Waals surface area contributed by atoms with Crippen molar-refractivity contribution in [3.8, 4) is 0 Å². The minimum Gasteiger partial charge on any atom is -0.394 e. The predicted molar refractivity (Wildman–Crippen MR) is 38.2 cm³/mol. The molecule has 6 heteroatoms. The maximum absolute atomic E-state index is 9.05. The Morgan fingerprint density at radius 2 is 1.33 bits per heavy atom. The fraction of sp³-hybridized carbons (Fsp3) is 1.00. The molecule has 0 rings (SSSR count). The summed E-state index contributed by atoms with van der Waals surface area (Å²) < 4.78 is 13.2. The molecule has 74 valence electrons. The Morgan fingerprint density at radius 1 is 0.917 bits per heavy atom. The Hall–Kier alpha value is -0.240. The number of aliphatic hydroxyl groups is 6. The first-order valence-electron chi connectivity index (χ1n) is 4.27. The van der Waals surface area contributed by atoms with Crippen LogP contribution in [-0.4, -0.2) is 68.2 Å². The van der Waals surface area contributed by atoms with Crippen LogP contribution in [0.5, 0.6) is 0 Å². The van der Waals surface area contributed by atoms with Crippen LogP contribution in [0.2, 0.25) is 0 Å². The second kappa shape index (κ2) is 5.41. The third-order valence-corrected chi connectivity index (χ3v) is 1.39. The van der Waals surface area contributed by atoms with Crippen LogP contribution in [0.1, 0.15) is 2.74 Å². The molecular formula is C6H14O6. The maximum atomic E-state index is 9.05. The standard InChI is InChI=1S/C6H14O6/c7-1-3(9)5(11)6(12)4(10)2-8/h3-12H,1-2H2/t3-,4+,5-,6-/m1/s1/i1+1D2/t3-,4+,5+,6+/m0. The zero-order valence-corrected chi connectivity index (χ0v) is 6.20. The van der Waals surface area contributed by atoms with Crippen molar-refractivity contribution in [3.05, 3.63) is 0 Å². The maximum Gasteiger partial charge on any atom is 0.111 e. The summed E-state index contributed by atoms with van der Waals surface area (Å²) in [6.45, 7) is -3.96. The van der Waals surface area contributed by atoms with Crippen LogP contribution in [0.25, 0.3) is 0 Å². The molecule has 0 fully saturated rings. The van der Waals surface area contributed by atoms with Gasteiger partial charge in [-0.2, -0.15) is 0 Å². The minimum atomic E-state index is -3.10. The van der Waals surface area contributed by atoms with Crippen LogP contribution in [0.4, 0.5) is 0 Å². The fourth-order valence-corrected chi connectivity index (χ4v) is 0.599. The van der Waals surface area contributed by atoms with Gasteiger partial charge in [-0.15, -0.1) is 0 Å². The molecule has 0 aliphatic carbocycles. The van der Waals surface area contributed by atoms with E-state index in [2.05, 4.69) is 0 Å². The predicted octanol–water partition coefficient (Wildman–Crippen LogP) is -3.59. The molecule has 6 N–H and O–H groups in total. The quantitative estimate of drug-likeness (QED) is 0.246. The van der Waals surface area contributed by atoms with Gasteiger partial charge in [-0.05, 0) is 0 Å². The molecule has 4 atom stereocenters. The molecule has 0 aromatic rings. The summed E-state index contributed by atoms with van der Waals surface area (Å²) in [6, 6.07) is 0. The Kier molecular flexibility index (Phi) is 3.77. The van der Waals surface area contributed by atoms with Gasteiger partial charge in [0.1, 0.15) is 24.4 Å². The zero-order valence-electron chi connectivity index (χ0n) is 8.20. The van der Waals surface area contributed by atoms with E-state index in [0.29, 0.717) is 0 Å². The highest BCUT2D eigenvalue weighted by molar-refractivity contribution is 4.79. The molecule has 0 bridgehead atoms. The van der Waals surface area contributed by atoms with Crippen LogP contribution in [0.3, 0.4) is 0 Å². The summed E-state index contributed by atoms with van der Waals surface area (Å²) >= 11 is 0. The highest BCUT2D eigenvalue weighted by atomic mass is 16.4. The lowest BCUT2D eigenvalue weighted by Gasteiger charge is -2.24. The number of hydrogen-bond donors (Lipinski definition) is 6. The van der Waals surface area contributed by atoms with Crippen molar-refractivity contribution in [1.82, 2.24) is 0 Å². The lowest BCUT2D eigenvalue weighted by atomic mass is 10.1. The van der Waals surface area contributed by atoms with Gasteiger partial charge in [0, 0.05) is 0 Å². The number of hydrogen-bond acceptors (Lipinski definition) is 6. The van der Waals surface area contributed by atoms with Crippen molar-refractivity contribution < 1.29 is 33.4 Å². The topological polar surface area (TPSA) is 121 Å². The first-order valence-corrected chi connectivity index (χ1v) is 3.27. The Balaban J connectivity index is 4.38. The van der Waals surface area contributed by atoms with E-state index < -0.39 is 37.6 Å². The van der Waals surface area contributed by atoms with Gasteiger partial charge in [0.05, 0.1) is 15.9 Å². The van der Waals surface area contributed by atoms with Crippen molar-refractivity contribution in [2.24, 2.45) is 0 Å². The average Bonchev–Trinajstić information content (AvgIpc) is 2.11. The third-order valence-electron chi connectivity index (χ3n) is 1.39. The van der Waals surface area contributed by atoms with Crippen molar-refractivity contribution in [2.45, 2.75) is 24.4 Å². The summed E-state index contributed by atoms with van der Waals surface area (Å²) in [4.78, 5) is 0. The molecule has 0 radical (unpaired) electrons. The third kappa shape index (κ3) is 3.02. The zero-order chi connectivity index (χ0) is 11.5. The summed E-state index contributed by atoms with van der Waals surface area (Å²) in [5.74, 6) is 0. The van der Waals surface area contributed by atoms with E-state index in [1.54, 1.807) is 0 Å². The molecule has 0 saturated heterocycles. The van der Waals surface area contributed by atoms with Crippen molar-refractivity contribution in [2.75, 3.05) is 13.2 Å². The van der Waals surface area contributed by atoms with Gasteiger partial charge in [0.25, 0.3) is 0 Å². The first-order chi connectivity index (χ1) is 6.21. The second-order valence-corrected chi connectivity index (χ2v) is 2.31. The molecule has 6 nitrogen and oxygen atoms in total. The smallest absolute Gasteiger partial charge is 0.111 e. The lowest BCUT2D eigenvalue weighted by molar-refractivity contribution is -0.123. The Bertz CT molecular complexity index is 172. The van der Waals surface area contributed by atoms with E-state index in [4.69, 9.17) is 33.4 Å². The van der Waals surface area contributed by atoms with Gasteiger partial charge in [-0.25, -0.2) is 0 Å².